The van der Waals surface area contributed by atoms with Crippen molar-refractivity contribution in [3.05, 3.63) is 39.6 Å². The van der Waals surface area contributed by atoms with E-state index in [1.54, 1.807) is 20.2 Å². The topological polar surface area (TPSA) is 59.1 Å². The molecule has 7 heteroatoms. The highest BCUT2D eigenvalue weighted by molar-refractivity contribution is 9.10. The molecule has 0 radical (unpaired) electrons. The summed E-state index contributed by atoms with van der Waals surface area (Å²) in [5.74, 6) is 1.96. The van der Waals surface area contributed by atoms with Gasteiger partial charge in [0.05, 0.1) is 10.7 Å². The first-order valence-corrected chi connectivity index (χ1v) is 7.06. The third kappa shape index (κ3) is 3.82. The maximum Gasteiger partial charge on any atom is 0.158 e. The van der Waals surface area contributed by atoms with Gasteiger partial charge in [-0.3, -0.25) is 0 Å². The Morgan fingerprint density at radius 2 is 2.00 bits per heavy atom. The fourth-order valence-corrected chi connectivity index (χ4v) is 2.33. The van der Waals surface area contributed by atoms with Crippen LogP contribution in [0.4, 0.5) is 17.3 Å². The maximum atomic E-state index is 6.18. The average molecular weight is 358 g/mol. The molecule has 5 nitrogen and oxygen atoms in total. The number of ether oxygens (including phenoxy) is 1. The summed E-state index contributed by atoms with van der Waals surface area (Å²) in [7, 11) is 3.41. The van der Waals surface area contributed by atoms with Gasteiger partial charge in [0.2, 0.25) is 0 Å². The van der Waals surface area contributed by atoms with Crippen molar-refractivity contribution in [1.82, 2.24) is 9.97 Å². The average Bonchev–Trinajstić information content (AvgIpc) is 2.42. The van der Waals surface area contributed by atoms with Gasteiger partial charge in [-0.1, -0.05) is 27.5 Å². The molecule has 0 aliphatic rings. The largest absolute Gasteiger partial charge is 0.377 e. The molecule has 106 valence electrons. The number of nitrogens with zero attached hydrogens (tertiary/aromatic N) is 2. The van der Waals surface area contributed by atoms with Crippen molar-refractivity contribution in [3.63, 3.8) is 0 Å². The predicted octanol–water partition coefficient (Wildman–Crippen LogP) is 3.82. The zero-order valence-electron chi connectivity index (χ0n) is 11.1. The Morgan fingerprint density at radius 3 is 2.65 bits per heavy atom. The van der Waals surface area contributed by atoms with Gasteiger partial charge in [-0.05, 0) is 18.2 Å². The summed E-state index contributed by atoms with van der Waals surface area (Å²) in [4.78, 5) is 8.66. The molecule has 0 atom stereocenters. The highest BCUT2D eigenvalue weighted by Crippen LogP contribution is 2.28. The van der Waals surface area contributed by atoms with Crippen LogP contribution in [0.5, 0.6) is 0 Å². The highest BCUT2D eigenvalue weighted by Gasteiger charge is 2.06. The molecule has 0 bridgehead atoms. The number of anilines is 3. The molecule has 2 rings (SSSR count). The van der Waals surface area contributed by atoms with Crippen molar-refractivity contribution >= 4 is 44.9 Å². The van der Waals surface area contributed by atoms with Crippen molar-refractivity contribution in [1.29, 1.82) is 0 Å². The smallest absolute Gasteiger partial charge is 0.158 e. The fraction of sp³-hybridized carbons (Fsp3) is 0.231. The van der Waals surface area contributed by atoms with Crippen LogP contribution in [0, 0.1) is 0 Å². The van der Waals surface area contributed by atoms with Gasteiger partial charge in [-0.15, -0.1) is 0 Å². The Kier molecular flexibility index (Phi) is 5.17. The lowest BCUT2D eigenvalue weighted by Crippen LogP contribution is -2.04. The molecule has 0 amide bonds. The van der Waals surface area contributed by atoms with E-state index in [4.69, 9.17) is 16.3 Å². The molecule has 0 saturated heterocycles. The van der Waals surface area contributed by atoms with Gasteiger partial charge in [-0.2, -0.15) is 0 Å². The molecular formula is C13H14BrClN4O. The summed E-state index contributed by atoms with van der Waals surface area (Å²) in [6.45, 7) is 0.346. The number of methoxy groups -OCH3 is 1. The second-order valence-electron chi connectivity index (χ2n) is 3.99. The van der Waals surface area contributed by atoms with Crippen molar-refractivity contribution in [2.45, 2.75) is 6.61 Å². The number of benzene rings is 1. The third-order valence-corrected chi connectivity index (χ3v) is 3.30. The van der Waals surface area contributed by atoms with E-state index in [1.807, 2.05) is 18.2 Å². The number of hydrogen-bond donors (Lipinski definition) is 2. The van der Waals surface area contributed by atoms with E-state index in [2.05, 4.69) is 36.5 Å². The fourth-order valence-electron chi connectivity index (χ4n) is 1.61. The number of rotatable bonds is 5. The van der Waals surface area contributed by atoms with Crippen LogP contribution >= 0.6 is 27.5 Å². The van der Waals surface area contributed by atoms with E-state index >= 15 is 0 Å². The highest BCUT2D eigenvalue weighted by atomic mass is 79.9. The monoisotopic (exact) mass is 356 g/mol. The molecule has 2 aromatic rings. The van der Waals surface area contributed by atoms with Gasteiger partial charge >= 0.3 is 0 Å². The molecule has 0 unspecified atom stereocenters. The minimum Gasteiger partial charge on any atom is -0.377 e. The van der Waals surface area contributed by atoms with Gasteiger partial charge in [-0.25, -0.2) is 9.97 Å². The molecule has 0 aliphatic heterocycles. The molecule has 1 aromatic carbocycles. The number of hydrogen-bond acceptors (Lipinski definition) is 5. The minimum atomic E-state index is 0.346. The van der Waals surface area contributed by atoms with E-state index in [0.29, 0.717) is 29.1 Å². The van der Waals surface area contributed by atoms with Crippen LogP contribution in [0.15, 0.2) is 28.7 Å². The lowest BCUT2D eigenvalue weighted by Gasteiger charge is -2.11. The molecule has 0 spiro atoms. The first kappa shape index (κ1) is 15.0. The van der Waals surface area contributed by atoms with Crippen molar-refractivity contribution < 1.29 is 4.74 Å². The van der Waals surface area contributed by atoms with E-state index in [9.17, 15) is 0 Å². The van der Waals surface area contributed by atoms with Gasteiger partial charge in [0.15, 0.2) is 5.82 Å². The Morgan fingerprint density at radius 1 is 1.25 bits per heavy atom. The standard InChI is InChI=1S/C13H14BrClN4O/c1-16-11-6-12(19-13(18-11)7-20-2)17-10-4-3-8(14)5-9(10)15/h3-6H,7H2,1-2H3,(H2,16,17,18,19). The second-order valence-corrected chi connectivity index (χ2v) is 5.31. The molecule has 1 aromatic heterocycles. The first-order chi connectivity index (χ1) is 9.62. The van der Waals surface area contributed by atoms with E-state index < -0.39 is 0 Å². The lowest BCUT2D eigenvalue weighted by atomic mass is 10.3. The molecule has 1 heterocycles. The summed E-state index contributed by atoms with van der Waals surface area (Å²) in [5.41, 5.74) is 0.777. The van der Waals surface area contributed by atoms with Crippen LogP contribution in [-0.2, 0) is 11.3 Å². The third-order valence-electron chi connectivity index (χ3n) is 2.50. The maximum absolute atomic E-state index is 6.18. The normalized spacial score (nSPS) is 10.4. The van der Waals surface area contributed by atoms with Crippen molar-refractivity contribution in [2.75, 3.05) is 24.8 Å². The molecule has 0 fully saturated rings. The molecular weight excluding hydrogens is 344 g/mol. The molecule has 20 heavy (non-hydrogen) atoms. The van der Waals surface area contributed by atoms with Crippen LogP contribution in [-0.4, -0.2) is 24.1 Å². The first-order valence-electron chi connectivity index (χ1n) is 5.89. The molecule has 2 N–H and O–H groups in total. The zero-order chi connectivity index (χ0) is 14.5. The Hall–Kier alpha value is -1.37. The number of nitrogens with one attached hydrogen (secondary N) is 2. The molecule has 0 aliphatic carbocycles. The van der Waals surface area contributed by atoms with Crippen LogP contribution < -0.4 is 10.6 Å². The predicted molar refractivity (Wildman–Crippen MR) is 84.7 cm³/mol. The number of aromatic nitrogens is 2. The number of halogens is 2. The quantitative estimate of drug-likeness (QED) is 0.852. The van der Waals surface area contributed by atoms with Crippen molar-refractivity contribution in [2.24, 2.45) is 0 Å². The van der Waals surface area contributed by atoms with Crippen molar-refractivity contribution in [3.8, 4) is 0 Å². The van der Waals surface area contributed by atoms with E-state index in [0.717, 1.165) is 10.2 Å². The second kappa shape index (κ2) is 6.88. The lowest BCUT2D eigenvalue weighted by molar-refractivity contribution is 0.178. The zero-order valence-corrected chi connectivity index (χ0v) is 13.4. The van der Waals surface area contributed by atoms with Crippen LogP contribution in [0.3, 0.4) is 0 Å². The van der Waals surface area contributed by atoms with E-state index in [1.165, 1.54) is 0 Å². The van der Waals surface area contributed by atoms with Crippen LogP contribution in [0.1, 0.15) is 5.82 Å². The van der Waals surface area contributed by atoms with Crippen LogP contribution in [0.2, 0.25) is 5.02 Å². The summed E-state index contributed by atoms with van der Waals surface area (Å²) in [6.07, 6.45) is 0. The van der Waals surface area contributed by atoms with Gasteiger partial charge in [0.1, 0.15) is 18.2 Å². The summed E-state index contributed by atoms with van der Waals surface area (Å²) < 4.78 is 5.98. The van der Waals surface area contributed by atoms with Gasteiger partial charge < -0.3 is 15.4 Å². The minimum absolute atomic E-state index is 0.346. The Bertz CT molecular complexity index is 609. The Balaban J connectivity index is 2.29. The van der Waals surface area contributed by atoms with E-state index in [-0.39, 0.29) is 0 Å². The Labute approximate surface area is 130 Å². The van der Waals surface area contributed by atoms with Gasteiger partial charge in [0.25, 0.3) is 0 Å². The summed E-state index contributed by atoms with van der Waals surface area (Å²) in [5, 5.41) is 6.77. The summed E-state index contributed by atoms with van der Waals surface area (Å²) >= 11 is 9.55. The SMILES string of the molecule is CNc1cc(Nc2ccc(Br)cc2Cl)nc(COC)n1. The molecule has 0 saturated carbocycles. The van der Waals surface area contributed by atoms with Gasteiger partial charge in [0, 0.05) is 24.7 Å². The van der Waals surface area contributed by atoms with Crippen LogP contribution in [0.25, 0.3) is 0 Å². The summed E-state index contributed by atoms with van der Waals surface area (Å²) in [6, 6.07) is 7.41.